The minimum atomic E-state index is -3.52. The van der Waals surface area contributed by atoms with E-state index in [0.29, 0.717) is 35.2 Å². The smallest absolute Gasteiger partial charge is 0.232 e. The number of nitrogens with zero attached hydrogens (tertiary/aromatic N) is 1. The van der Waals surface area contributed by atoms with Crippen LogP contribution in [0.2, 0.25) is 5.02 Å². The molecule has 0 unspecified atom stereocenters. The summed E-state index contributed by atoms with van der Waals surface area (Å²) in [4.78, 5) is 12.2. The average Bonchev–Trinajstić information content (AvgIpc) is 2.62. The maximum absolute atomic E-state index is 12.3. The van der Waals surface area contributed by atoms with Crippen molar-refractivity contribution in [2.75, 3.05) is 29.0 Å². The number of halogens is 1. The van der Waals surface area contributed by atoms with Crippen LogP contribution < -0.4 is 14.4 Å². The minimum Gasteiger partial charge on any atom is -0.492 e. The molecule has 0 heterocycles. The van der Waals surface area contributed by atoms with Gasteiger partial charge in [-0.2, -0.15) is 0 Å². The Labute approximate surface area is 171 Å². The molecular weight excluding hydrogens is 400 g/mol. The first-order valence-corrected chi connectivity index (χ1v) is 11.2. The molecule has 152 valence electrons. The predicted molar refractivity (Wildman–Crippen MR) is 114 cm³/mol. The highest BCUT2D eigenvalue weighted by Gasteiger charge is 2.21. The van der Waals surface area contributed by atoms with Gasteiger partial charge in [-0.05, 0) is 50.1 Å². The Bertz CT molecular complexity index is 932. The van der Waals surface area contributed by atoms with Crippen molar-refractivity contribution in [2.24, 2.45) is 0 Å². The SMILES string of the molecule is CCOc1ccccc1N(CCCC(=O)Nc1ccc(C)c(Cl)c1)S(C)(=O)=O. The molecular formula is C20H25ClN2O4S. The van der Waals surface area contributed by atoms with Crippen molar-refractivity contribution in [1.29, 1.82) is 0 Å². The first-order chi connectivity index (χ1) is 13.2. The number of nitrogens with one attached hydrogen (secondary N) is 1. The van der Waals surface area contributed by atoms with Crippen molar-refractivity contribution >= 4 is 38.9 Å². The number of rotatable bonds is 9. The lowest BCUT2D eigenvalue weighted by Crippen LogP contribution is -2.31. The van der Waals surface area contributed by atoms with Crippen molar-refractivity contribution in [3.05, 3.63) is 53.1 Å². The number of aryl methyl sites for hydroxylation is 1. The topological polar surface area (TPSA) is 75.7 Å². The molecule has 6 nitrogen and oxygen atoms in total. The van der Waals surface area contributed by atoms with E-state index in [2.05, 4.69) is 5.32 Å². The van der Waals surface area contributed by atoms with Gasteiger partial charge in [0.05, 0.1) is 18.6 Å². The van der Waals surface area contributed by atoms with Crippen LogP contribution in [-0.4, -0.2) is 33.7 Å². The van der Waals surface area contributed by atoms with Gasteiger partial charge in [0.25, 0.3) is 0 Å². The number of carbonyl (C=O) groups is 1. The molecule has 0 fully saturated rings. The molecule has 0 radical (unpaired) electrons. The van der Waals surface area contributed by atoms with E-state index in [1.54, 1.807) is 36.4 Å². The summed E-state index contributed by atoms with van der Waals surface area (Å²) < 4.78 is 31.4. The van der Waals surface area contributed by atoms with E-state index in [-0.39, 0.29) is 18.9 Å². The summed E-state index contributed by atoms with van der Waals surface area (Å²) in [5.41, 5.74) is 2.01. The largest absolute Gasteiger partial charge is 0.492 e. The second kappa shape index (κ2) is 9.80. The van der Waals surface area contributed by atoms with Gasteiger partial charge in [0.2, 0.25) is 15.9 Å². The van der Waals surface area contributed by atoms with Crippen LogP contribution in [-0.2, 0) is 14.8 Å². The summed E-state index contributed by atoms with van der Waals surface area (Å²) in [6.07, 6.45) is 1.68. The quantitative estimate of drug-likeness (QED) is 0.653. The van der Waals surface area contributed by atoms with Crippen LogP contribution in [0.5, 0.6) is 5.75 Å². The molecule has 0 aromatic heterocycles. The molecule has 0 bridgehead atoms. The predicted octanol–water partition coefficient (Wildman–Crippen LogP) is 4.23. The molecule has 0 saturated heterocycles. The third-order valence-electron chi connectivity index (χ3n) is 4.05. The Morgan fingerprint density at radius 3 is 2.57 bits per heavy atom. The van der Waals surface area contributed by atoms with Gasteiger partial charge >= 0.3 is 0 Å². The van der Waals surface area contributed by atoms with Gasteiger partial charge in [-0.3, -0.25) is 9.10 Å². The summed E-state index contributed by atoms with van der Waals surface area (Å²) in [5.74, 6) is 0.292. The highest BCUT2D eigenvalue weighted by Crippen LogP contribution is 2.30. The monoisotopic (exact) mass is 424 g/mol. The second-order valence-electron chi connectivity index (χ2n) is 6.35. The van der Waals surface area contributed by atoms with Gasteiger partial charge in [-0.15, -0.1) is 0 Å². The van der Waals surface area contributed by atoms with Crippen molar-refractivity contribution in [2.45, 2.75) is 26.7 Å². The molecule has 2 aromatic rings. The normalized spacial score (nSPS) is 11.1. The van der Waals surface area contributed by atoms with Crippen LogP contribution in [0.15, 0.2) is 42.5 Å². The fourth-order valence-corrected chi connectivity index (χ4v) is 3.83. The van der Waals surface area contributed by atoms with Gasteiger partial charge in [0.15, 0.2) is 0 Å². The molecule has 2 aromatic carbocycles. The van der Waals surface area contributed by atoms with Crippen molar-refractivity contribution in [1.82, 2.24) is 0 Å². The first kappa shape index (κ1) is 22.0. The van der Waals surface area contributed by atoms with Crippen molar-refractivity contribution < 1.29 is 17.9 Å². The molecule has 2 rings (SSSR count). The van der Waals surface area contributed by atoms with E-state index in [4.69, 9.17) is 16.3 Å². The molecule has 1 N–H and O–H groups in total. The Kier molecular flexibility index (Phi) is 7.71. The van der Waals surface area contributed by atoms with Gasteiger partial charge in [-0.25, -0.2) is 8.42 Å². The molecule has 0 atom stereocenters. The zero-order chi connectivity index (χ0) is 20.7. The number of carbonyl (C=O) groups excluding carboxylic acids is 1. The maximum Gasteiger partial charge on any atom is 0.232 e. The van der Waals surface area contributed by atoms with Gasteiger partial charge in [0.1, 0.15) is 5.75 Å². The third kappa shape index (κ3) is 6.14. The zero-order valence-corrected chi connectivity index (χ0v) is 17.8. The lowest BCUT2D eigenvalue weighted by atomic mass is 10.2. The maximum atomic E-state index is 12.3. The van der Waals surface area contributed by atoms with E-state index in [9.17, 15) is 13.2 Å². The van der Waals surface area contributed by atoms with E-state index in [0.717, 1.165) is 11.8 Å². The number of ether oxygens (including phenoxy) is 1. The number of hydrogen-bond donors (Lipinski definition) is 1. The second-order valence-corrected chi connectivity index (χ2v) is 8.67. The fraction of sp³-hybridized carbons (Fsp3) is 0.350. The first-order valence-electron chi connectivity index (χ1n) is 8.98. The number of amides is 1. The molecule has 1 amide bonds. The molecule has 0 aliphatic heterocycles. The Hall–Kier alpha value is -2.25. The number of para-hydroxylation sites is 2. The van der Waals surface area contributed by atoms with Crippen LogP contribution in [0.3, 0.4) is 0 Å². The highest BCUT2D eigenvalue weighted by molar-refractivity contribution is 7.92. The molecule has 28 heavy (non-hydrogen) atoms. The number of hydrogen-bond acceptors (Lipinski definition) is 4. The molecule has 8 heteroatoms. The van der Waals surface area contributed by atoms with Gasteiger partial charge < -0.3 is 10.1 Å². The Morgan fingerprint density at radius 2 is 1.93 bits per heavy atom. The van der Waals surface area contributed by atoms with Gasteiger partial charge in [-0.1, -0.05) is 29.8 Å². The van der Waals surface area contributed by atoms with Crippen LogP contribution in [0.1, 0.15) is 25.3 Å². The van der Waals surface area contributed by atoms with Crippen LogP contribution in [0.4, 0.5) is 11.4 Å². The summed E-state index contributed by atoms with van der Waals surface area (Å²) in [7, 11) is -3.52. The average molecular weight is 425 g/mol. The Balaban J connectivity index is 2.03. The molecule has 0 aliphatic carbocycles. The molecule has 0 spiro atoms. The van der Waals surface area contributed by atoms with E-state index in [1.165, 1.54) is 4.31 Å². The van der Waals surface area contributed by atoms with E-state index < -0.39 is 10.0 Å². The van der Waals surface area contributed by atoms with Crippen LogP contribution in [0, 0.1) is 6.92 Å². The van der Waals surface area contributed by atoms with Crippen molar-refractivity contribution in [3.63, 3.8) is 0 Å². The number of sulfonamides is 1. The van der Waals surface area contributed by atoms with Crippen LogP contribution >= 0.6 is 11.6 Å². The summed E-state index contributed by atoms with van der Waals surface area (Å²) in [6, 6.07) is 12.3. The fourth-order valence-electron chi connectivity index (χ4n) is 2.68. The van der Waals surface area contributed by atoms with Crippen molar-refractivity contribution in [3.8, 4) is 5.75 Å². The van der Waals surface area contributed by atoms with Gasteiger partial charge in [0, 0.05) is 23.7 Å². The summed E-state index contributed by atoms with van der Waals surface area (Å²) in [5, 5.41) is 3.36. The van der Waals surface area contributed by atoms with Crippen LogP contribution in [0.25, 0.3) is 0 Å². The number of anilines is 2. The standard InChI is InChI=1S/C20H25ClN2O4S/c1-4-27-19-9-6-5-8-18(19)23(28(3,25)26)13-7-10-20(24)22-16-12-11-15(2)17(21)14-16/h5-6,8-9,11-12,14H,4,7,10,13H2,1-3H3,(H,22,24). The lowest BCUT2D eigenvalue weighted by Gasteiger charge is -2.24. The minimum absolute atomic E-state index is 0.172. The van der Waals surface area contributed by atoms with E-state index in [1.807, 2.05) is 19.9 Å². The lowest BCUT2D eigenvalue weighted by molar-refractivity contribution is -0.116. The van der Waals surface area contributed by atoms with E-state index >= 15 is 0 Å². The third-order valence-corrected chi connectivity index (χ3v) is 5.64. The summed E-state index contributed by atoms with van der Waals surface area (Å²) in [6.45, 7) is 4.32. The number of benzene rings is 2. The zero-order valence-electron chi connectivity index (χ0n) is 16.2. The molecule has 0 aliphatic rings. The summed E-state index contributed by atoms with van der Waals surface area (Å²) >= 11 is 6.07. The molecule has 0 saturated carbocycles. The Morgan fingerprint density at radius 1 is 1.21 bits per heavy atom. The highest BCUT2D eigenvalue weighted by atomic mass is 35.5.